The highest BCUT2D eigenvalue weighted by molar-refractivity contribution is 7.22. The van der Waals surface area contributed by atoms with Gasteiger partial charge in [0, 0.05) is 5.56 Å². The number of ether oxygens (including phenoxy) is 3. The lowest BCUT2D eigenvalue weighted by molar-refractivity contribution is -0.132. The molecule has 0 spiro atoms. The number of aliphatic hydroxyl groups is 1. The van der Waals surface area contributed by atoms with Gasteiger partial charge in [-0.15, -0.1) is 0 Å². The Morgan fingerprint density at radius 1 is 1.03 bits per heavy atom. The Kier molecular flexibility index (Phi) is 7.26. The number of aromatic nitrogens is 1. The van der Waals surface area contributed by atoms with Gasteiger partial charge in [-0.3, -0.25) is 14.5 Å². The van der Waals surface area contributed by atoms with Crippen LogP contribution < -0.4 is 19.1 Å². The van der Waals surface area contributed by atoms with Crippen LogP contribution in [-0.4, -0.2) is 42.6 Å². The molecule has 9 heteroatoms. The van der Waals surface area contributed by atoms with Gasteiger partial charge >= 0.3 is 5.91 Å². The van der Waals surface area contributed by atoms with Gasteiger partial charge < -0.3 is 19.3 Å². The summed E-state index contributed by atoms with van der Waals surface area (Å²) in [5, 5.41) is 11.9. The van der Waals surface area contributed by atoms with Crippen LogP contribution in [0.3, 0.4) is 0 Å². The highest BCUT2D eigenvalue weighted by atomic mass is 32.1. The predicted molar refractivity (Wildman–Crippen MR) is 151 cm³/mol. The summed E-state index contributed by atoms with van der Waals surface area (Å²) >= 11 is 1.31. The first-order valence-corrected chi connectivity index (χ1v) is 13.3. The Morgan fingerprint density at radius 3 is 2.56 bits per heavy atom. The number of fused-ring (bicyclic) bond motifs is 1. The number of aryl methyl sites for hydroxylation is 1. The van der Waals surface area contributed by atoms with Gasteiger partial charge in [0.15, 0.2) is 16.6 Å². The standard InChI is InChI=1S/C30H28N2O6S/c1-5-13-38-20-8-6-7-19(15-20)27(33)25-26(18-10-12-22(36-3)23(16-18)37-4)32(29(35)28(25)34)30-31-21-11-9-17(2)14-24(21)39-30/h6-12,14-16,26,33H,5,13H2,1-4H3. The third kappa shape index (κ3) is 4.81. The lowest BCUT2D eigenvalue weighted by atomic mass is 9.95. The molecule has 1 amide bonds. The molecule has 0 aliphatic carbocycles. The average molecular weight is 545 g/mol. The van der Waals surface area contributed by atoms with E-state index in [4.69, 9.17) is 14.2 Å². The average Bonchev–Trinajstić information content (AvgIpc) is 3.48. The van der Waals surface area contributed by atoms with Crippen molar-refractivity contribution in [2.24, 2.45) is 0 Å². The molecule has 1 N–H and O–H groups in total. The lowest BCUT2D eigenvalue weighted by Gasteiger charge is -2.23. The van der Waals surface area contributed by atoms with Crippen molar-refractivity contribution in [3.63, 3.8) is 0 Å². The van der Waals surface area contributed by atoms with Gasteiger partial charge in [0.1, 0.15) is 11.5 Å². The summed E-state index contributed by atoms with van der Waals surface area (Å²) in [5.41, 5.74) is 2.65. The fraction of sp³-hybridized carbons (Fsp3) is 0.233. The molecule has 0 saturated carbocycles. The van der Waals surface area contributed by atoms with E-state index in [0.29, 0.717) is 45.6 Å². The van der Waals surface area contributed by atoms with Crippen LogP contribution in [0.25, 0.3) is 16.0 Å². The Bertz CT molecular complexity index is 1610. The molecule has 2 heterocycles. The second kappa shape index (κ2) is 10.8. The van der Waals surface area contributed by atoms with E-state index in [2.05, 4.69) is 4.98 Å². The zero-order valence-electron chi connectivity index (χ0n) is 22.1. The molecule has 5 rings (SSSR count). The van der Waals surface area contributed by atoms with Crippen molar-refractivity contribution in [3.8, 4) is 17.2 Å². The molecule has 1 saturated heterocycles. The van der Waals surface area contributed by atoms with Crippen molar-refractivity contribution in [1.29, 1.82) is 0 Å². The van der Waals surface area contributed by atoms with Gasteiger partial charge in [-0.2, -0.15) is 0 Å². The quantitative estimate of drug-likeness (QED) is 0.164. The zero-order valence-corrected chi connectivity index (χ0v) is 22.9. The Balaban J connectivity index is 1.71. The molecule has 4 aromatic rings. The van der Waals surface area contributed by atoms with E-state index in [0.717, 1.165) is 16.7 Å². The largest absolute Gasteiger partial charge is 0.507 e. The number of amides is 1. The summed E-state index contributed by atoms with van der Waals surface area (Å²) < 4.78 is 17.5. The monoisotopic (exact) mass is 544 g/mol. The van der Waals surface area contributed by atoms with Crippen LogP contribution in [0.2, 0.25) is 0 Å². The maximum atomic E-state index is 13.6. The van der Waals surface area contributed by atoms with E-state index in [9.17, 15) is 14.7 Å². The Labute approximate surface area is 230 Å². The fourth-order valence-electron chi connectivity index (χ4n) is 4.60. The van der Waals surface area contributed by atoms with Crippen molar-refractivity contribution in [2.45, 2.75) is 26.3 Å². The van der Waals surface area contributed by atoms with Crippen LogP contribution in [0.5, 0.6) is 17.2 Å². The van der Waals surface area contributed by atoms with Crippen molar-refractivity contribution in [2.75, 3.05) is 25.7 Å². The molecule has 1 aliphatic heterocycles. The smallest absolute Gasteiger partial charge is 0.301 e. The molecule has 8 nitrogen and oxygen atoms in total. The van der Waals surface area contributed by atoms with Crippen LogP contribution in [-0.2, 0) is 9.59 Å². The molecule has 1 fully saturated rings. The number of hydrogen-bond donors (Lipinski definition) is 1. The van der Waals surface area contributed by atoms with Gasteiger partial charge in [0.05, 0.1) is 42.7 Å². The van der Waals surface area contributed by atoms with E-state index in [-0.39, 0.29) is 11.3 Å². The second-order valence-corrected chi connectivity index (χ2v) is 10.1. The molecule has 3 aromatic carbocycles. The minimum absolute atomic E-state index is 0.0460. The van der Waals surface area contributed by atoms with E-state index < -0.39 is 17.7 Å². The Hall–Kier alpha value is -4.37. The van der Waals surface area contributed by atoms with Gasteiger partial charge in [-0.1, -0.05) is 42.5 Å². The molecule has 1 unspecified atom stereocenters. The number of hydrogen-bond acceptors (Lipinski definition) is 8. The minimum Gasteiger partial charge on any atom is -0.507 e. The number of aliphatic hydroxyl groups excluding tert-OH is 1. The molecule has 0 radical (unpaired) electrons. The van der Waals surface area contributed by atoms with Crippen molar-refractivity contribution >= 4 is 44.1 Å². The SMILES string of the molecule is CCCOc1cccc(C(O)=C2C(=O)C(=O)N(c3nc4ccc(C)cc4s3)C2c2ccc(OC)c(OC)c2)c1. The van der Waals surface area contributed by atoms with E-state index in [1.807, 2.05) is 32.0 Å². The summed E-state index contributed by atoms with van der Waals surface area (Å²) in [5.74, 6) is -0.396. The highest BCUT2D eigenvalue weighted by Gasteiger charge is 2.48. The molecule has 200 valence electrons. The maximum Gasteiger partial charge on any atom is 0.301 e. The number of anilines is 1. The number of Topliss-reactive ketones (excluding diaryl/α,β-unsaturated/α-hetero) is 1. The summed E-state index contributed by atoms with van der Waals surface area (Å²) in [6, 6.07) is 16.9. The first-order valence-electron chi connectivity index (χ1n) is 12.5. The number of thiazole rings is 1. The van der Waals surface area contributed by atoms with Crippen LogP contribution in [0.1, 0.15) is 36.1 Å². The number of benzene rings is 3. The second-order valence-electron chi connectivity index (χ2n) is 9.13. The number of nitrogens with zero attached hydrogens (tertiary/aromatic N) is 2. The first kappa shape index (κ1) is 26.2. The van der Waals surface area contributed by atoms with Crippen LogP contribution >= 0.6 is 11.3 Å². The van der Waals surface area contributed by atoms with Crippen molar-refractivity contribution < 1.29 is 28.9 Å². The Morgan fingerprint density at radius 2 is 1.82 bits per heavy atom. The van der Waals surface area contributed by atoms with Crippen LogP contribution in [0.4, 0.5) is 5.13 Å². The third-order valence-electron chi connectivity index (χ3n) is 6.49. The number of carbonyl (C=O) groups is 2. The van der Waals surface area contributed by atoms with Gasteiger partial charge in [0.25, 0.3) is 5.78 Å². The van der Waals surface area contributed by atoms with E-state index in [1.165, 1.54) is 30.5 Å². The molecule has 39 heavy (non-hydrogen) atoms. The molecule has 1 atom stereocenters. The van der Waals surface area contributed by atoms with Gasteiger partial charge in [-0.05, 0) is 60.9 Å². The maximum absolute atomic E-state index is 13.6. The van der Waals surface area contributed by atoms with E-state index >= 15 is 0 Å². The van der Waals surface area contributed by atoms with Crippen LogP contribution in [0, 0.1) is 6.92 Å². The topological polar surface area (TPSA) is 98.2 Å². The number of ketones is 1. The molecule has 1 aromatic heterocycles. The lowest BCUT2D eigenvalue weighted by Crippen LogP contribution is -2.29. The summed E-state index contributed by atoms with van der Waals surface area (Å²) in [7, 11) is 3.04. The van der Waals surface area contributed by atoms with Crippen molar-refractivity contribution in [3.05, 3.63) is 82.9 Å². The first-order chi connectivity index (χ1) is 18.9. The van der Waals surface area contributed by atoms with Gasteiger partial charge in [0.2, 0.25) is 0 Å². The number of rotatable bonds is 8. The molecule has 0 bridgehead atoms. The molecular weight excluding hydrogens is 516 g/mol. The highest BCUT2D eigenvalue weighted by Crippen LogP contribution is 2.46. The third-order valence-corrected chi connectivity index (χ3v) is 7.50. The number of methoxy groups -OCH3 is 2. The normalized spacial score (nSPS) is 16.6. The number of carbonyl (C=O) groups excluding carboxylic acids is 2. The van der Waals surface area contributed by atoms with Gasteiger partial charge in [-0.25, -0.2) is 4.98 Å². The summed E-state index contributed by atoms with van der Waals surface area (Å²) in [6.45, 7) is 4.49. The zero-order chi connectivity index (χ0) is 27.7. The predicted octanol–water partition coefficient (Wildman–Crippen LogP) is 6.04. The fourth-order valence-corrected chi connectivity index (χ4v) is 5.69. The van der Waals surface area contributed by atoms with Crippen molar-refractivity contribution in [1.82, 2.24) is 4.98 Å². The minimum atomic E-state index is -0.952. The van der Waals surface area contributed by atoms with E-state index in [1.54, 1.807) is 42.5 Å². The van der Waals surface area contributed by atoms with Crippen LogP contribution in [0.15, 0.2) is 66.2 Å². The molecular formula is C30H28N2O6S. The molecule has 1 aliphatic rings. The summed E-state index contributed by atoms with van der Waals surface area (Å²) in [6.07, 6.45) is 0.822. The summed E-state index contributed by atoms with van der Waals surface area (Å²) in [4.78, 5) is 33.2.